The predicted molar refractivity (Wildman–Crippen MR) is 98.3 cm³/mol. The molecule has 7 nitrogen and oxygen atoms in total. The maximum atomic E-state index is 12.6. The van der Waals surface area contributed by atoms with Crippen molar-refractivity contribution in [3.05, 3.63) is 47.5 Å². The van der Waals surface area contributed by atoms with Gasteiger partial charge >= 0.3 is 0 Å². The van der Waals surface area contributed by atoms with Crippen LogP contribution < -0.4 is 5.32 Å². The fraction of sp³-hybridized carbons (Fsp3) is 0.526. The number of likely N-dealkylation sites (tertiary alicyclic amines) is 1. The molecular formula is C19H27N5O2. The van der Waals surface area contributed by atoms with Crippen LogP contribution in [0.2, 0.25) is 0 Å². The second-order valence-corrected chi connectivity index (χ2v) is 6.89. The molecule has 1 aliphatic heterocycles. The van der Waals surface area contributed by atoms with Gasteiger partial charge in [0.05, 0.1) is 24.5 Å². The summed E-state index contributed by atoms with van der Waals surface area (Å²) < 4.78 is 6.97. The lowest BCUT2D eigenvalue weighted by atomic mass is 9.95. The summed E-state index contributed by atoms with van der Waals surface area (Å²) in [6.45, 7) is 4.62. The molecule has 2 atom stereocenters. The van der Waals surface area contributed by atoms with Crippen molar-refractivity contribution in [3.8, 4) is 0 Å². The quantitative estimate of drug-likeness (QED) is 0.774. The van der Waals surface area contributed by atoms with E-state index >= 15 is 0 Å². The Balaban J connectivity index is 1.67. The Morgan fingerprint density at radius 1 is 1.35 bits per heavy atom. The van der Waals surface area contributed by atoms with Crippen LogP contribution in [0.15, 0.2) is 30.7 Å². The standard InChI is InChI=1S/C19H27N5O2/c1-14-4-5-17(21-9-14)12-20-10-15-8-18(25)24(6-7-26-3)19(15)16-11-22-23(2)13-16/h4-5,9,11,13,15,19-20H,6-8,10,12H2,1-3H3/t15-,19+/m0/s1. The highest BCUT2D eigenvalue weighted by Crippen LogP contribution is 2.37. The molecule has 0 saturated carbocycles. The van der Waals surface area contributed by atoms with E-state index in [2.05, 4.69) is 21.5 Å². The Labute approximate surface area is 154 Å². The van der Waals surface area contributed by atoms with Gasteiger partial charge in [-0.3, -0.25) is 14.5 Å². The summed E-state index contributed by atoms with van der Waals surface area (Å²) in [5, 5.41) is 7.76. The molecular weight excluding hydrogens is 330 g/mol. The molecule has 0 aromatic carbocycles. The lowest BCUT2D eigenvalue weighted by Gasteiger charge is -2.27. The van der Waals surface area contributed by atoms with Crippen LogP contribution in [0.3, 0.4) is 0 Å². The fourth-order valence-corrected chi connectivity index (χ4v) is 3.53. The number of nitrogens with one attached hydrogen (secondary N) is 1. The van der Waals surface area contributed by atoms with E-state index in [4.69, 9.17) is 4.74 Å². The lowest BCUT2D eigenvalue weighted by Crippen LogP contribution is -2.33. The molecule has 3 rings (SSSR count). The Morgan fingerprint density at radius 2 is 2.19 bits per heavy atom. The van der Waals surface area contributed by atoms with Crippen molar-refractivity contribution >= 4 is 5.91 Å². The van der Waals surface area contributed by atoms with Crippen LogP contribution in [0, 0.1) is 12.8 Å². The fourth-order valence-electron chi connectivity index (χ4n) is 3.53. The van der Waals surface area contributed by atoms with Crippen LogP contribution >= 0.6 is 0 Å². The van der Waals surface area contributed by atoms with Gasteiger partial charge in [0.25, 0.3) is 0 Å². The van der Waals surface area contributed by atoms with Gasteiger partial charge in [-0.2, -0.15) is 5.10 Å². The summed E-state index contributed by atoms with van der Waals surface area (Å²) in [5.41, 5.74) is 3.24. The number of carbonyl (C=O) groups excluding carboxylic acids is 1. The van der Waals surface area contributed by atoms with Crippen molar-refractivity contribution < 1.29 is 9.53 Å². The van der Waals surface area contributed by atoms with Gasteiger partial charge in [0.1, 0.15) is 0 Å². The molecule has 140 valence electrons. The van der Waals surface area contributed by atoms with E-state index in [0.29, 0.717) is 26.1 Å². The Morgan fingerprint density at radius 3 is 2.85 bits per heavy atom. The van der Waals surface area contributed by atoms with E-state index < -0.39 is 0 Å². The number of ether oxygens (including phenoxy) is 1. The number of hydrogen-bond donors (Lipinski definition) is 1. The molecule has 0 unspecified atom stereocenters. The summed E-state index contributed by atoms with van der Waals surface area (Å²) >= 11 is 0. The smallest absolute Gasteiger partial charge is 0.223 e. The summed E-state index contributed by atoms with van der Waals surface area (Å²) in [5.74, 6) is 0.380. The molecule has 3 heterocycles. The van der Waals surface area contributed by atoms with Crippen LogP contribution in [-0.4, -0.2) is 52.4 Å². The second-order valence-electron chi connectivity index (χ2n) is 6.89. The first-order valence-corrected chi connectivity index (χ1v) is 8.97. The van der Waals surface area contributed by atoms with E-state index in [-0.39, 0.29) is 17.9 Å². The summed E-state index contributed by atoms with van der Waals surface area (Å²) in [7, 11) is 3.56. The zero-order valence-corrected chi connectivity index (χ0v) is 15.7. The predicted octanol–water partition coefficient (Wildman–Crippen LogP) is 1.45. The van der Waals surface area contributed by atoms with E-state index in [1.54, 1.807) is 11.8 Å². The highest BCUT2D eigenvalue weighted by Gasteiger charge is 2.40. The lowest BCUT2D eigenvalue weighted by molar-refractivity contribution is -0.129. The summed E-state index contributed by atoms with van der Waals surface area (Å²) in [6, 6.07) is 4.13. The zero-order chi connectivity index (χ0) is 18.5. The van der Waals surface area contributed by atoms with Gasteiger partial charge in [-0.05, 0) is 18.6 Å². The third-order valence-electron chi connectivity index (χ3n) is 4.83. The van der Waals surface area contributed by atoms with E-state index in [1.165, 1.54) is 0 Å². The van der Waals surface area contributed by atoms with Crippen molar-refractivity contribution in [2.24, 2.45) is 13.0 Å². The molecule has 0 radical (unpaired) electrons. The van der Waals surface area contributed by atoms with E-state index in [9.17, 15) is 4.79 Å². The molecule has 0 bridgehead atoms. The number of amides is 1. The average Bonchev–Trinajstić information content (AvgIpc) is 3.18. The van der Waals surface area contributed by atoms with Gasteiger partial charge in [-0.25, -0.2) is 0 Å². The van der Waals surface area contributed by atoms with Crippen molar-refractivity contribution in [1.29, 1.82) is 0 Å². The summed E-state index contributed by atoms with van der Waals surface area (Å²) in [4.78, 5) is 18.9. The van der Waals surface area contributed by atoms with Crippen molar-refractivity contribution in [2.45, 2.75) is 25.9 Å². The van der Waals surface area contributed by atoms with E-state index in [1.807, 2.05) is 43.5 Å². The third kappa shape index (κ3) is 4.28. The molecule has 1 saturated heterocycles. The zero-order valence-electron chi connectivity index (χ0n) is 15.7. The maximum Gasteiger partial charge on any atom is 0.223 e. The largest absolute Gasteiger partial charge is 0.383 e. The minimum Gasteiger partial charge on any atom is -0.383 e. The molecule has 0 spiro atoms. The van der Waals surface area contributed by atoms with Gasteiger partial charge in [-0.1, -0.05) is 6.07 Å². The highest BCUT2D eigenvalue weighted by molar-refractivity contribution is 5.79. The van der Waals surface area contributed by atoms with Crippen molar-refractivity contribution in [3.63, 3.8) is 0 Å². The van der Waals surface area contributed by atoms with Crippen LogP contribution in [0.5, 0.6) is 0 Å². The van der Waals surface area contributed by atoms with Crippen LogP contribution in [0.4, 0.5) is 0 Å². The first-order chi connectivity index (χ1) is 12.6. The molecule has 2 aromatic heterocycles. The SMILES string of the molecule is COCCN1C(=O)C[C@@H](CNCc2ccc(C)cn2)[C@@H]1c1cnn(C)c1. The number of pyridine rings is 1. The molecule has 0 aliphatic carbocycles. The molecule has 7 heteroatoms. The average molecular weight is 357 g/mol. The van der Waals surface area contributed by atoms with Gasteiger partial charge in [0.2, 0.25) is 5.91 Å². The Bertz CT molecular complexity index is 728. The second kappa shape index (κ2) is 8.42. The first-order valence-electron chi connectivity index (χ1n) is 8.97. The van der Waals surface area contributed by atoms with Crippen LogP contribution in [-0.2, 0) is 23.1 Å². The van der Waals surface area contributed by atoms with Gasteiger partial charge in [-0.15, -0.1) is 0 Å². The number of carbonyl (C=O) groups is 1. The number of aryl methyl sites for hydroxylation is 2. The molecule has 1 N–H and O–H groups in total. The number of nitrogens with zero attached hydrogens (tertiary/aromatic N) is 4. The Kier molecular flexibility index (Phi) is 6.00. The molecule has 26 heavy (non-hydrogen) atoms. The number of hydrogen-bond acceptors (Lipinski definition) is 5. The first kappa shape index (κ1) is 18.5. The molecule has 2 aromatic rings. The topological polar surface area (TPSA) is 72.3 Å². The van der Waals surface area contributed by atoms with Crippen molar-refractivity contribution in [1.82, 2.24) is 25.0 Å². The molecule has 1 amide bonds. The van der Waals surface area contributed by atoms with Crippen LogP contribution in [0.1, 0.15) is 29.3 Å². The van der Waals surface area contributed by atoms with Crippen molar-refractivity contribution in [2.75, 3.05) is 26.8 Å². The number of rotatable bonds is 8. The van der Waals surface area contributed by atoms with Gasteiger partial charge in [0, 0.05) is 64.1 Å². The minimum atomic E-state index is 0.0322. The Hall–Kier alpha value is -2.25. The highest BCUT2D eigenvalue weighted by atomic mass is 16.5. The monoisotopic (exact) mass is 357 g/mol. The third-order valence-corrected chi connectivity index (χ3v) is 4.83. The summed E-state index contributed by atoms with van der Waals surface area (Å²) in [6.07, 6.45) is 6.27. The van der Waals surface area contributed by atoms with E-state index in [0.717, 1.165) is 23.4 Å². The maximum absolute atomic E-state index is 12.6. The number of methoxy groups -OCH3 is 1. The van der Waals surface area contributed by atoms with Crippen LogP contribution in [0.25, 0.3) is 0 Å². The normalized spacial score (nSPS) is 20.1. The van der Waals surface area contributed by atoms with Gasteiger partial charge in [0.15, 0.2) is 0 Å². The minimum absolute atomic E-state index is 0.0322. The van der Waals surface area contributed by atoms with Gasteiger partial charge < -0.3 is 15.0 Å². The molecule has 1 fully saturated rings. The number of aromatic nitrogens is 3. The molecule has 1 aliphatic rings.